The van der Waals surface area contributed by atoms with Crippen LogP contribution in [0.1, 0.15) is 27.2 Å². The van der Waals surface area contributed by atoms with Gasteiger partial charge >= 0.3 is 0 Å². The molecule has 90 valence electrons. The summed E-state index contributed by atoms with van der Waals surface area (Å²) >= 11 is 0. The van der Waals surface area contributed by atoms with E-state index in [2.05, 4.69) is 39.2 Å². The Labute approximate surface area is 94.3 Å². The van der Waals surface area contributed by atoms with E-state index in [0.29, 0.717) is 6.61 Å². The Morgan fingerprint density at radius 3 is 2.40 bits per heavy atom. The average Bonchev–Trinajstić information content (AvgIpc) is 2.46. The van der Waals surface area contributed by atoms with Gasteiger partial charge in [-0.25, -0.2) is 0 Å². The van der Waals surface area contributed by atoms with Gasteiger partial charge in [-0.2, -0.15) is 0 Å². The monoisotopic (exact) mass is 231 g/mol. The van der Waals surface area contributed by atoms with E-state index in [0.717, 1.165) is 13.0 Å². The lowest BCUT2D eigenvalue weighted by molar-refractivity contribution is 0.123. The Hall–Kier alpha value is 0.0969. The minimum absolute atomic E-state index is 0.138. The van der Waals surface area contributed by atoms with Gasteiger partial charge in [0.1, 0.15) is 0 Å². The number of hydrogen-bond donors (Lipinski definition) is 2. The summed E-state index contributed by atoms with van der Waals surface area (Å²) in [6.07, 6.45) is 0.626. The molecule has 1 saturated heterocycles. The standard InChI is InChI=1S/C11H25NO2Si/c1-11(2,3)15(4,5)14-8-9-10(13)6-7-12-9/h9-10,12-13H,6-8H2,1-5H3/t9-,10+/m1/s1. The number of hydrogen-bond acceptors (Lipinski definition) is 3. The van der Waals surface area contributed by atoms with Crippen molar-refractivity contribution < 1.29 is 9.53 Å². The highest BCUT2D eigenvalue weighted by Gasteiger charge is 2.38. The number of nitrogens with one attached hydrogen (secondary N) is 1. The van der Waals surface area contributed by atoms with E-state index in [9.17, 15) is 5.11 Å². The first-order valence-electron chi connectivity index (χ1n) is 5.79. The third kappa shape index (κ3) is 3.28. The molecule has 0 unspecified atom stereocenters. The summed E-state index contributed by atoms with van der Waals surface area (Å²) in [7, 11) is -1.65. The zero-order valence-electron chi connectivity index (χ0n) is 10.6. The van der Waals surface area contributed by atoms with Gasteiger partial charge in [-0.05, 0) is 31.1 Å². The Morgan fingerprint density at radius 2 is 2.00 bits per heavy atom. The lowest BCUT2D eigenvalue weighted by Gasteiger charge is -2.37. The fourth-order valence-corrected chi connectivity index (χ4v) is 2.47. The van der Waals surface area contributed by atoms with Crippen LogP contribution in [-0.2, 0) is 4.43 Å². The van der Waals surface area contributed by atoms with Crippen molar-refractivity contribution >= 4 is 8.32 Å². The van der Waals surface area contributed by atoms with Crippen molar-refractivity contribution in [2.24, 2.45) is 0 Å². The summed E-state index contributed by atoms with van der Waals surface area (Å²) < 4.78 is 6.06. The van der Waals surface area contributed by atoms with Gasteiger partial charge in [0, 0.05) is 0 Å². The molecule has 1 heterocycles. The molecule has 0 aromatic heterocycles. The third-order valence-corrected chi connectivity index (χ3v) is 8.24. The molecule has 0 bridgehead atoms. The quantitative estimate of drug-likeness (QED) is 0.727. The summed E-state index contributed by atoms with van der Waals surface area (Å²) in [5.41, 5.74) is 0. The van der Waals surface area contributed by atoms with E-state index < -0.39 is 8.32 Å². The van der Waals surface area contributed by atoms with Crippen LogP contribution in [0.3, 0.4) is 0 Å². The molecule has 1 aliphatic heterocycles. The zero-order valence-corrected chi connectivity index (χ0v) is 11.6. The zero-order chi connectivity index (χ0) is 11.7. The average molecular weight is 231 g/mol. The maximum Gasteiger partial charge on any atom is 0.192 e. The number of aliphatic hydroxyl groups excluding tert-OH is 1. The van der Waals surface area contributed by atoms with E-state index in [1.807, 2.05) is 0 Å². The molecule has 4 heteroatoms. The predicted molar refractivity (Wildman–Crippen MR) is 65.6 cm³/mol. The smallest absolute Gasteiger partial charge is 0.192 e. The Morgan fingerprint density at radius 1 is 1.40 bits per heavy atom. The second-order valence-corrected chi connectivity index (χ2v) is 10.8. The van der Waals surface area contributed by atoms with Gasteiger partial charge in [0.25, 0.3) is 0 Å². The molecule has 15 heavy (non-hydrogen) atoms. The molecule has 0 amide bonds. The molecule has 2 N–H and O–H groups in total. The van der Waals surface area contributed by atoms with Crippen LogP contribution in [0.15, 0.2) is 0 Å². The molecule has 3 nitrogen and oxygen atoms in total. The molecule has 2 atom stereocenters. The highest BCUT2D eigenvalue weighted by molar-refractivity contribution is 6.74. The van der Waals surface area contributed by atoms with Gasteiger partial charge in [0.2, 0.25) is 0 Å². The minimum atomic E-state index is -1.65. The van der Waals surface area contributed by atoms with Gasteiger partial charge in [0.15, 0.2) is 8.32 Å². The van der Waals surface area contributed by atoms with Crippen LogP contribution in [0.4, 0.5) is 0 Å². The summed E-state index contributed by atoms with van der Waals surface area (Å²) in [5.74, 6) is 0. The SMILES string of the molecule is CC(C)(C)[Si](C)(C)OC[C@H]1NCC[C@@H]1O. The number of aliphatic hydroxyl groups is 1. The lowest BCUT2D eigenvalue weighted by atomic mass is 10.2. The van der Waals surface area contributed by atoms with Gasteiger partial charge in [-0.1, -0.05) is 20.8 Å². The molecule has 1 rings (SSSR count). The topological polar surface area (TPSA) is 41.5 Å². The molecule has 0 aromatic carbocycles. The summed E-state index contributed by atoms with van der Waals surface area (Å²) in [6.45, 7) is 12.8. The first-order chi connectivity index (χ1) is 6.74. The highest BCUT2D eigenvalue weighted by atomic mass is 28.4. The van der Waals surface area contributed by atoms with Crippen molar-refractivity contribution in [1.29, 1.82) is 0 Å². The number of rotatable bonds is 3. The Kier molecular flexibility index (Phi) is 3.98. The summed E-state index contributed by atoms with van der Waals surface area (Å²) in [6, 6.07) is 0.138. The fraction of sp³-hybridized carbons (Fsp3) is 1.00. The van der Waals surface area contributed by atoms with Crippen LogP contribution in [0.2, 0.25) is 18.1 Å². The van der Waals surface area contributed by atoms with E-state index in [1.54, 1.807) is 0 Å². The largest absolute Gasteiger partial charge is 0.415 e. The molecule has 0 radical (unpaired) electrons. The maximum absolute atomic E-state index is 9.66. The molecule has 0 aliphatic carbocycles. The lowest BCUT2D eigenvalue weighted by Crippen LogP contribution is -2.45. The van der Waals surface area contributed by atoms with Crippen LogP contribution in [0.25, 0.3) is 0 Å². The molecule has 1 aliphatic rings. The fourth-order valence-electron chi connectivity index (χ4n) is 1.44. The van der Waals surface area contributed by atoms with Crippen molar-refractivity contribution in [3.8, 4) is 0 Å². The minimum Gasteiger partial charge on any atom is -0.415 e. The van der Waals surface area contributed by atoms with Crippen molar-refractivity contribution in [3.05, 3.63) is 0 Å². The van der Waals surface area contributed by atoms with Crippen LogP contribution >= 0.6 is 0 Å². The van der Waals surface area contributed by atoms with Crippen molar-refractivity contribution in [1.82, 2.24) is 5.32 Å². The predicted octanol–water partition coefficient (Wildman–Crippen LogP) is 1.73. The highest BCUT2D eigenvalue weighted by Crippen LogP contribution is 2.36. The van der Waals surface area contributed by atoms with Crippen LogP contribution in [0.5, 0.6) is 0 Å². The van der Waals surface area contributed by atoms with E-state index in [4.69, 9.17) is 4.43 Å². The summed E-state index contributed by atoms with van der Waals surface area (Å²) in [4.78, 5) is 0. The normalized spacial score (nSPS) is 28.4. The van der Waals surface area contributed by atoms with Crippen LogP contribution in [0, 0.1) is 0 Å². The Balaban J connectivity index is 2.42. The first kappa shape index (κ1) is 13.2. The van der Waals surface area contributed by atoms with E-state index in [1.165, 1.54) is 0 Å². The molecule has 0 spiro atoms. The van der Waals surface area contributed by atoms with Crippen molar-refractivity contribution in [2.45, 2.75) is 57.5 Å². The van der Waals surface area contributed by atoms with Crippen LogP contribution in [-0.4, -0.2) is 38.7 Å². The van der Waals surface area contributed by atoms with Crippen molar-refractivity contribution in [3.63, 3.8) is 0 Å². The van der Waals surface area contributed by atoms with Crippen LogP contribution < -0.4 is 5.32 Å². The second-order valence-electron chi connectivity index (χ2n) is 5.99. The first-order valence-corrected chi connectivity index (χ1v) is 8.70. The molecule has 0 aromatic rings. The van der Waals surface area contributed by atoms with Gasteiger partial charge in [0.05, 0.1) is 18.8 Å². The molecule has 1 fully saturated rings. The Bertz CT molecular complexity index is 213. The second kappa shape index (κ2) is 4.53. The van der Waals surface area contributed by atoms with Gasteiger partial charge in [-0.3, -0.25) is 0 Å². The molecular formula is C11H25NO2Si. The van der Waals surface area contributed by atoms with Gasteiger partial charge < -0.3 is 14.8 Å². The third-order valence-electron chi connectivity index (χ3n) is 3.74. The molecular weight excluding hydrogens is 206 g/mol. The van der Waals surface area contributed by atoms with E-state index in [-0.39, 0.29) is 17.2 Å². The van der Waals surface area contributed by atoms with Crippen molar-refractivity contribution in [2.75, 3.05) is 13.2 Å². The summed E-state index contributed by atoms with van der Waals surface area (Å²) in [5, 5.41) is 13.2. The molecule has 0 saturated carbocycles. The van der Waals surface area contributed by atoms with E-state index >= 15 is 0 Å². The van der Waals surface area contributed by atoms with Gasteiger partial charge in [-0.15, -0.1) is 0 Å². The maximum atomic E-state index is 9.66.